The predicted molar refractivity (Wildman–Crippen MR) is 57.3 cm³/mol. The molecular weight excluding hydrogens is 198 g/mol. The van der Waals surface area contributed by atoms with Crippen molar-refractivity contribution in [3.05, 3.63) is 22.4 Å². The number of hydrogen-bond donors (Lipinski definition) is 1. The van der Waals surface area contributed by atoms with Gasteiger partial charge in [0.1, 0.15) is 6.04 Å². The highest BCUT2D eigenvalue weighted by molar-refractivity contribution is 7.09. The third-order valence-electron chi connectivity index (χ3n) is 1.80. The number of rotatable bonds is 5. The first-order chi connectivity index (χ1) is 6.74. The molecule has 0 saturated heterocycles. The van der Waals surface area contributed by atoms with E-state index >= 15 is 0 Å². The second-order valence-corrected chi connectivity index (χ2v) is 3.97. The van der Waals surface area contributed by atoms with Gasteiger partial charge in [0.05, 0.1) is 6.61 Å². The number of ether oxygens (including phenoxy) is 1. The van der Waals surface area contributed by atoms with Crippen LogP contribution in [0.15, 0.2) is 17.5 Å². The van der Waals surface area contributed by atoms with Gasteiger partial charge in [-0.25, -0.2) is 0 Å². The fraction of sp³-hybridized carbons (Fsp3) is 0.500. The maximum Gasteiger partial charge on any atom is 0.322 e. The van der Waals surface area contributed by atoms with Crippen LogP contribution in [0.1, 0.15) is 18.7 Å². The third-order valence-corrected chi connectivity index (χ3v) is 2.68. The fourth-order valence-corrected chi connectivity index (χ4v) is 1.67. The monoisotopic (exact) mass is 213 g/mol. The average Bonchev–Trinajstić information content (AvgIpc) is 2.67. The van der Waals surface area contributed by atoms with Crippen LogP contribution in [0.3, 0.4) is 0 Å². The van der Waals surface area contributed by atoms with Crippen LogP contribution in [0.2, 0.25) is 0 Å². The molecule has 4 heteroatoms. The molecule has 0 bridgehead atoms. The van der Waals surface area contributed by atoms with Crippen LogP contribution in [0.4, 0.5) is 0 Å². The molecule has 1 rings (SSSR count). The number of thiophene rings is 1. The van der Waals surface area contributed by atoms with Gasteiger partial charge in [0.2, 0.25) is 0 Å². The highest BCUT2D eigenvalue weighted by Crippen LogP contribution is 2.07. The molecule has 1 atom stereocenters. The maximum atomic E-state index is 11.2. The Kier molecular flexibility index (Phi) is 4.62. The van der Waals surface area contributed by atoms with Crippen LogP contribution in [-0.4, -0.2) is 18.6 Å². The van der Waals surface area contributed by atoms with Gasteiger partial charge in [0.15, 0.2) is 0 Å². The summed E-state index contributed by atoms with van der Waals surface area (Å²) >= 11 is 1.68. The van der Waals surface area contributed by atoms with Gasteiger partial charge in [-0.3, -0.25) is 10.1 Å². The highest BCUT2D eigenvalue weighted by Gasteiger charge is 2.12. The molecule has 0 aliphatic rings. The number of nitrogens with one attached hydrogen (secondary N) is 1. The van der Waals surface area contributed by atoms with Crippen molar-refractivity contribution >= 4 is 17.3 Å². The molecule has 0 spiro atoms. The lowest BCUT2D eigenvalue weighted by atomic mass is 10.3. The SMILES string of the molecule is CCOC(=O)[C@H](C)NCc1cccs1. The Labute approximate surface area is 88.1 Å². The van der Waals surface area contributed by atoms with Gasteiger partial charge in [0, 0.05) is 11.4 Å². The summed E-state index contributed by atoms with van der Waals surface area (Å²) in [5.74, 6) is -0.191. The summed E-state index contributed by atoms with van der Waals surface area (Å²) in [6.07, 6.45) is 0. The fourth-order valence-electron chi connectivity index (χ4n) is 1.02. The van der Waals surface area contributed by atoms with Gasteiger partial charge in [-0.15, -0.1) is 11.3 Å². The quantitative estimate of drug-likeness (QED) is 0.758. The molecule has 1 aromatic heterocycles. The zero-order valence-corrected chi connectivity index (χ0v) is 9.26. The lowest BCUT2D eigenvalue weighted by molar-refractivity contribution is -0.145. The largest absolute Gasteiger partial charge is 0.465 e. The van der Waals surface area contributed by atoms with E-state index in [0.717, 1.165) is 6.54 Å². The Balaban J connectivity index is 2.27. The van der Waals surface area contributed by atoms with E-state index in [4.69, 9.17) is 4.74 Å². The number of hydrogen-bond acceptors (Lipinski definition) is 4. The van der Waals surface area contributed by atoms with Crippen molar-refractivity contribution in [3.63, 3.8) is 0 Å². The topological polar surface area (TPSA) is 38.3 Å². The van der Waals surface area contributed by atoms with Crippen molar-refractivity contribution in [2.45, 2.75) is 26.4 Å². The molecule has 0 aliphatic carbocycles. The summed E-state index contributed by atoms with van der Waals surface area (Å²) < 4.78 is 4.88. The van der Waals surface area contributed by atoms with Crippen LogP contribution in [0, 0.1) is 0 Å². The number of carbonyl (C=O) groups excluding carboxylic acids is 1. The van der Waals surface area contributed by atoms with E-state index in [0.29, 0.717) is 6.61 Å². The second kappa shape index (κ2) is 5.78. The third kappa shape index (κ3) is 3.47. The van der Waals surface area contributed by atoms with Crippen molar-refractivity contribution < 1.29 is 9.53 Å². The molecular formula is C10H15NO2S. The van der Waals surface area contributed by atoms with Gasteiger partial charge in [-0.05, 0) is 25.3 Å². The Bertz CT molecular complexity index is 272. The van der Waals surface area contributed by atoms with E-state index in [9.17, 15) is 4.79 Å². The minimum Gasteiger partial charge on any atom is -0.465 e. The maximum absolute atomic E-state index is 11.2. The van der Waals surface area contributed by atoms with Gasteiger partial charge in [-0.2, -0.15) is 0 Å². The van der Waals surface area contributed by atoms with Gasteiger partial charge in [0.25, 0.3) is 0 Å². The normalized spacial score (nSPS) is 12.4. The molecule has 14 heavy (non-hydrogen) atoms. The molecule has 0 saturated carbocycles. The minimum absolute atomic E-state index is 0.191. The number of carbonyl (C=O) groups is 1. The molecule has 0 aliphatic heterocycles. The van der Waals surface area contributed by atoms with E-state index in [-0.39, 0.29) is 12.0 Å². The van der Waals surface area contributed by atoms with Crippen molar-refractivity contribution in [1.82, 2.24) is 5.32 Å². The minimum atomic E-state index is -0.239. The molecule has 1 N–H and O–H groups in total. The van der Waals surface area contributed by atoms with E-state index in [1.807, 2.05) is 31.4 Å². The molecule has 78 valence electrons. The lowest BCUT2D eigenvalue weighted by Crippen LogP contribution is -2.34. The molecule has 1 heterocycles. The van der Waals surface area contributed by atoms with Crippen LogP contribution >= 0.6 is 11.3 Å². The highest BCUT2D eigenvalue weighted by atomic mass is 32.1. The summed E-state index contributed by atoms with van der Waals surface area (Å²) in [5, 5.41) is 5.13. The van der Waals surface area contributed by atoms with Gasteiger partial charge in [-0.1, -0.05) is 6.07 Å². The van der Waals surface area contributed by atoms with Gasteiger partial charge >= 0.3 is 5.97 Å². The molecule has 0 amide bonds. The molecule has 0 aromatic carbocycles. The van der Waals surface area contributed by atoms with Crippen molar-refractivity contribution in [2.75, 3.05) is 6.61 Å². The van der Waals surface area contributed by atoms with E-state index in [1.165, 1.54) is 4.88 Å². The first-order valence-electron chi connectivity index (χ1n) is 4.66. The van der Waals surface area contributed by atoms with Crippen molar-refractivity contribution in [1.29, 1.82) is 0 Å². The predicted octanol–water partition coefficient (Wildman–Crippen LogP) is 1.79. The summed E-state index contributed by atoms with van der Waals surface area (Å²) in [6.45, 7) is 4.77. The first-order valence-corrected chi connectivity index (χ1v) is 5.54. The summed E-state index contributed by atoms with van der Waals surface area (Å²) in [7, 11) is 0. The number of esters is 1. The van der Waals surface area contributed by atoms with E-state index in [1.54, 1.807) is 11.3 Å². The molecule has 0 unspecified atom stereocenters. The smallest absolute Gasteiger partial charge is 0.322 e. The van der Waals surface area contributed by atoms with Crippen LogP contribution < -0.4 is 5.32 Å². The summed E-state index contributed by atoms with van der Waals surface area (Å²) in [5.41, 5.74) is 0. The summed E-state index contributed by atoms with van der Waals surface area (Å²) in [6, 6.07) is 3.80. The molecule has 0 radical (unpaired) electrons. The Morgan fingerprint density at radius 3 is 3.07 bits per heavy atom. The summed E-state index contributed by atoms with van der Waals surface area (Å²) in [4.78, 5) is 12.4. The lowest BCUT2D eigenvalue weighted by Gasteiger charge is -2.11. The molecule has 0 fully saturated rings. The molecule has 3 nitrogen and oxygen atoms in total. The Morgan fingerprint density at radius 1 is 1.71 bits per heavy atom. The Hall–Kier alpha value is -0.870. The van der Waals surface area contributed by atoms with Crippen molar-refractivity contribution in [2.24, 2.45) is 0 Å². The standard InChI is InChI=1S/C10H15NO2S/c1-3-13-10(12)8(2)11-7-9-5-4-6-14-9/h4-6,8,11H,3,7H2,1-2H3/t8-/m0/s1. The zero-order chi connectivity index (χ0) is 10.4. The van der Waals surface area contributed by atoms with Crippen molar-refractivity contribution in [3.8, 4) is 0 Å². The Morgan fingerprint density at radius 2 is 2.50 bits per heavy atom. The second-order valence-electron chi connectivity index (χ2n) is 2.93. The van der Waals surface area contributed by atoms with Crippen LogP contribution in [0.25, 0.3) is 0 Å². The first kappa shape index (κ1) is 11.2. The van der Waals surface area contributed by atoms with Crippen LogP contribution in [-0.2, 0) is 16.1 Å². The van der Waals surface area contributed by atoms with E-state index in [2.05, 4.69) is 5.32 Å². The van der Waals surface area contributed by atoms with Gasteiger partial charge < -0.3 is 4.74 Å². The zero-order valence-electron chi connectivity index (χ0n) is 8.45. The van der Waals surface area contributed by atoms with Crippen LogP contribution in [0.5, 0.6) is 0 Å². The van der Waals surface area contributed by atoms with E-state index < -0.39 is 0 Å². The molecule has 1 aromatic rings. The average molecular weight is 213 g/mol.